The summed E-state index contributed by atoms with van der Waals surface area (Å²) in [6.45, 7) is 22.4. The van der Waals surface area contributed by atoms with Crippen molar-refractivity contribution in [2.75, 3.05) is 0 Å². The van der Waals surface area contributed by atoms with E-state index in [4.69, 9.17) is 0 Å². The van der Waals surface area contributed by atoms with E-state index in [1.54, 1.807) is 0 Å². The van der Waals surface area contributed by atoms with Crippen LogP contribution >= 0.6 is 0 Å². The van der Waals surface area contributed by atoms with Crippen molar-refractivity contribution >= 4 is 8.07 Å². The van der Waals surface area contributed by atoms with Crippen LogP contribution in [0.25, 0.3) is 0 Å². The van der Waals surface area contributed by atoms with Gasteiger partial charge in [0.2, 0.25) is 0 Å². The first-order valence-electron chi connectivity index (χ1n) is 9.27. The average Bonchev–Trinajstić information content (AvgIpc) is 2.34. The molecule has 0 N–H and O–H groups in total. The lowest BCUT2D eigenvalue weighted by Crippen LogP contribution is -2.58. The van der Waals surface area contributed by atoms with Gasteiger partial charge in [0.15, 0.2) is 0 Å². The molecule has 133 valence electrons. The number of nitrogens with zero attached hydrogens (tertiary/aromatic N) is 1. The molecule has 0 aromatic heterocycles. The fourth-order valence-electron chi connectivity index (χ4n) is 5.03. The molecule has 0 spiro atoms. The lowest BCUT2D eigenvalue weighted by Gasteiger charge is -2.49. The molecule has 1 aliphatic rings. The van der Waals surface area contributed by atoms with E-state index in [2.05, 4.69) is 80.7 Å². The Morgan fingerprint density at radius 1 is 0.870 bits per heavy atom. The van der Waals surface area contributed by atoms with E-state index in [0.717, 1.165) is 12.8 Å². The lowest BCUT2D eigenvalue weighted by atomic mass is 9.76. The third-order valence-electron chi connectivity index (χ3n) is 5.95. The zero-order valence-corrected chi connectivity index (χ0v) is 18.1. The Morgan fingerprint density at radius 2 is 1.22 bits per heavy atom. The molecular formula is C20H38NOSi. The molecule has 0 atom stereocenters. The molecule has 2 nitrogen and oxygen atoms in total. The zero-order valence-electron chi connectivity index (χ0n) is 17.1. The van der Waals surface area contributed by atoms with Gasteiger partial charge in [0.05, 0.1) is 0 Å². The third kappa shape index (κ3) is 4.03. The lowest BCUT2D eigenvalue weighted by molar-refractivity contribution is -0.291. The highest BCUT2D eigenvalue weighted by Gasteiger charge is 2.46. The Hall–Kier alpha value is -0.303. The van der Waals surface area contributed by atoms with E-state index >= 15 is 0 Å². The van der Waals surface area contributed by atoms with Crippen molar-refractivity contribution in [3.05, 3.63) is 0 Å². The van der Waals surface area contributed by atoms with Crippen molar-refractivity contribution in [1.82, 2.24) is 5.06 Å². The predicted octanol–water partition coefficient (Wildman–Crippen LogP) is 5.82. The smallest absolute Gasteiger partial charge is 0.144 e. The van der Waals surface area contributed by atoms with Gasteiger partial charge in [-0.25, -0.2) is 0 Å². The van der Waals surface area contributed by atoms with Crippen LogP contribution in [0.15, 0.2) is 0 Å². The zero-order chi connectivity index (χ0) is 18.2. The monoisotopic (exact) mass is 336 g/mol. The molecule has 0 aliphatic carbocycles. The SMILES string of the molecule is CC(C)[Si](C#CC1CC(C)(C)N([O])C(C)(C)C1)(C(C)C)C(C)C. The largest absolute Gasteiger partial charge is 0.145 e. The molecule has 3 heteroatoms. The Kier molecular flexibility index (Phi) is 6.22. The van der Waals surface area contributed by atoms with Crippen LogP contribution < -0.4 is 0 Å². The molecule has 1 saturated heterocycles. The van der Waals surface area contributed by atoms with Crippen molar-refractivity contribution in [2.45, 2.75) is 110 Å². The van der Waals surface area contributed by atoms with Crippen molar-refractivity contribution in [3.63, 3.8) is 0 Å². The summed E-state index contributed by atoms with van der Waals surface area (Å²) in [5.74, 6) is 4.03. The van der Waals surface area contributed by atoms with Gasteiger partial charge in [-0.05, 0) is 57.2 Å². The van der Waals surface area contributed by atoms with Crippen LogP contribution in [0.1, 0.15) is 82.1 Å². The first-order chi connectivity index (χ1) is 10.3. The third-order valence-corrected chi connectivity index (χ3v) is 12.3. The minimum absolute atomic E-state index is 0.321. The molecule has 1 fully saturated rings. The Labute approximate surface area is 146 Å². The number of piperidine rings is 1. The Balaban J connectivity index is 3.18. The molecule has 0 aromatic carbocycles. The fourth-order valence-corrected chi connectivity index (χ4v) is 10.3. The molecule has 0 aromatic rings. The summed E-state index contributed by atoms with van der Waals surface area (Å²) in [5.41, 5.74) is 5.21. The van der Waals surface area contributed by atoms with Gasteiger partial charge >= 0.3 is 0 Å². The van der Waals surface area contributed by atoms with Crippen molar-refractivity contribution in [3.8, 4) is 11.5 Å². The first kappa shape index (κ1) is 20.7. The van der Waals surface area contributed by atoms with Crippen molar-refractivity contribution < 1.29 is 5.21 Å². The second-order valence-corrected chi connectivity index (χ2v) is 15.3. The van der Waals surface area contributed by atoms with E-state index in [-0.39, 0.29) is 11.1 Å². The minimum atomic E-state index is -1.67. The number of hydroxylamine groups is 2. The van der Waals surface area contributed by atoms with Crippen LogP contribution in [-0.2, 0) is 5.21 Å². The van der Waals surface area contributed by atoms with E-state index < -0.39 is 8.07 Å². The van der Waals surface area contributed by atoms with E-state index in [9.17, 15) is 5.21 Å². The summed E-state index contributed by atoms with van der Waals surface area (Å²) < 4.78 is 0. The maximum Gasteiger partial charge on any atom is 0.145 e. The van der Waals surface area contributed by atoms with Crippen LogP contribution in [0.5, 0.6) is 0 Å². The quantitative estimate of drug-likeness (QED) is 0.470. The summed E-state index contributed by atoms with van der Waals surface area (Å²) >= 11 is 0. The number of rotatable bonds is 3. The topological polar surface area (TPSA) is 23.1 Å². The highest BCUT2D eigenvalue weighted by molar-refractivity contribution is 6.90. The van der Waals surface area contributed by atoms with Gasteiger partial charge in [0, 0.05) is 17.0 Å². The van der Waals surface area contributed by atoms with Gasteiger partial charge in [-0.3, -0.25) is 0 Å². The van der Waals surface area contributed by atoms with Gasteiger partial charge in [-0.2, -0.15) is 0 Å². The number of hydrogen-bond donors (Lipinski definition) is 0. The molecular weight excluding hydrogens is 298 g/mol. The molecule has 0 saturated carbocycles. The van der Waals surface area contributed by atoms with Crippen LogP contribution in [0.3, 0.4) is 0 Å². The van der Waals surface area contributed by atoms with Crippen LogP contribution in [0.4, 0.5) is 0 Å². The van der Waals surface area contributed by atoms with Gasteiger partial charge in [-0.15, -0.1) is 21.7 Å². The summed E-state index contributed by atoms with van der Waals surface area (Å²) in [7, 11) is -1.67. The fraction of sp³-hybridized carbons (Fsp3) is 0.900. The van der Waals surface area contributed by atoms with Gasteiger partial charge in [0.1, 0.15) is 8.07 Å². The highest BCUT2D eigenvalue weighted by Crippen LogP contribution is 2.43. The summed E-state index contributed by atoms with van der Waals surface area (Å²) in [5, 5.41) is 13.8. The Morgan fingerprint density at radius 3 is 1.52 bits per heavy atom. The summed E-state index contributed by atoms with van der Waals surface area (Å²) in [4.78, 5) is 0. The first-order valence-corrected chi connectivity index (χ1v) is 11.5. The normalized spacial score (nSPS) is 22.5. The molecule has 1 radical (unpaired) electrons. The van der Waals surface area contributed by atoms with Gasteiger partial charge in [0.25, 0.3) is 0 Å². The molecule has 0 unspecified atom stereocenters. The molecule has 1 aliphatic heterocycles. The summed E-state index contributed by atoms with van der Waals surface area (Å²) in [6.07, 6.45) is 1.76. The maximum atomic E-state index is 12.5. The minimum Gasteiger partial charge on any atom is -0.144 e. The highest BCUT2D eigenvalue weighted by atomic mass is 28.3. The van der Waals surface area contributed by atoms with Crippen LogP contribution in [0.2, 0.25) is 16.6 Å². The van der Waals surface area contributed by atoms with E-state index in [0.29, 0.717) is 22.5 Å². The average molecular weight is 337 g/mol. The molecule has 1 heterocycles. The van der Waals surface area contributed by atoms with Crippen molar-refractivity contribution in [2.24, 2.45) is 5.92 Å². The predicted molar refractivity (Wildman–Crippen MR) is 102 cm³/mol. The second-order valence-electron chi connectivity index (χ2n) is 9.69. The Bertz CT molecular complexity index is 428. The molecule has 0 amide bonds. The molecule has 0 bridgehead atoms. The van der Waals surface area contributed by atoms with Crippen LogP contribution in [0, 0.1) is 17.4 Å². The second kappa shape index (κ2) is 6.90. The van der Waals surface area contributed by atoms with Gasteiger partial charge < -0.3 is 0 Å². The molecule has 1 rings (SSSR count). The van der Waals surface area contributed by atoms with Crippen LogP contribution in [-0.4, -0.2) is 24.2 Å². The number of hydrogen-bond acceptors (Lipinski definition) is 1. The molecule has 23 heavy (non-hydrogen) atoms. The standard InChI is InChI=1S/C20H38NOSi/c1-15(2)23(16(3)4,17(5)6)12-11-18-13-19(7,8)21(22)20(9,10)14-18/h15-18H,13-14H2,1-10H3. The van der Waals surface area contributed by atoms with Gasteiger partial charge in [-0.1, -0.05) is 41.5 Å². The van der Waals surface area contributed by atoms with Crippen molar-refractivity contribution in [1.29, 1.82) is 0 Å². The van der Waals surface area contributed by atoms with E-state index in [1.165, 1.54) is 5.06 Å². The van der Waals surface area contributed by atoms with E-state index in [1.807, 2.05) is 0 Å². The summed E-state index contributed by atoms with van der Waals surface area (Å²) in [6, 6.07) is 0. The maximum absolute atomic E-state index is 12.5.